The van der Waals surface area contributed by atoms with Gasteiger partial charge in [0.2, 0.25) is 10.0 Å². The van der Waals surface area contributed by atoms with E-state index in [1.165, 1.54) is 18.4 Å². The Labute approximate surface area is 146 Å². The Morgan fingerprint density at radius 3 is 2.71 bits per heavy atom. The molecule has 0 bridgehead atoms. The van der Waals surface area contributed by atoms with E-state index in [9.17, 15) is 13.5 Å². The smallest absolute Gasteiger partial charge is 0.244 e. The number of rotatable bonds is 7. The molecule has 130 valence electrons. The number of ether oxygens (including phenoxy) is 1. The molecule has 2 aromatic rings. The molecule has 2 N–H and O–H groups in total. The van der Waals surface area contributed by atoms with Gasteiger partial charge in [-0.1, -0.05) is 12.1 Å². The van der Waals surface area contributed by atoms with Crippen molar-refractivity contribution >= 4 is 21.4 Å². The van der Waals surface area contributed by atoms with Crippen LogP contribution < -0.4 is 9.46 Å². The van der Waals surface area contributed by atoms with Crippen molar-refractivity contribution in [3.05, 3.63) is 46.2 Å². The third-order valence-corrected chi connectivity index (χ3v) is 6.80. The summed E-state index contributed by atoms with van der Waals surface area (Å²) in [7, 11) is -2.35. The molecule has 1 saturated carbocycles. The molecule has 7 heteroatoms. The summed E-state index contributed by atoms with van der Waals surface area (Å²) in [6, 6.07) is 8.72. The summed E-state index contributed by atoms with van der Waals surface area (Å²) in [5.41, 5.74) is -0.329. The van der Waals surface area contributed by atoms with Gasteiger partial charge in [0.25, 0.3) is 0 Å². The highest BCUT2D eigenvalue weighted by molar-refractivity contribution is 7.89. The van der Waals surface area contributed by atoms with Gasteiger partial charge in [0.05, 0.1) is 7.11 Å². The molecule has 1 aliphatic rings. The van der Waals surface area contributed by atoms with Gasteiger partial charge >= 0.3 is 0 Å². The molecule has 0 amide bonds. The molecule has 1 atom stereocenters. The Hall–Kier alpha value is -1.41. The standard InChI is InChI=1S/C17H21NO4S2/c1-12-5-8-14(22-2)15(10-12)24(20,21)18-11-17(19,13-6-7-13)16-4-3-9-23-16/h3-5,8-10,13,18-19H,6-7,11H2,1-2H3. The minimum atomic E-state index is -3.79. The van der Waals surface area contributed by atoms with E-state index in [1.807, 2.05) is 24.4 Å². The summed E-state index contributed by atoms with van der Waals surface area (Å²) >= 11 is 1.45. The van der Waals surface area contributed by atoms with Gasteiger partial charge < -0.3 is 9.84 Å². The van der Waals surface area contributed by atoms with Crippen LogP contribution in [-0.4, -0.2) is 27.2 Å². The van der Waals surface area contributed by atoms with E-state index >= 15 is 0 Å². The lowest BCUT2D eigenvalue weighted by molar-refractivity contribution is 0.0222. The van der Waals surface area contributed by atoms with Crippen molar-refractivity contribution in [1.82, 2.24) is 4.72 Å². The third kappa shape index (κ3) is 3.35. The Morgan fingerprint density at radius 1 is 1.38 bits per heavy atom. The Bertz CT molecular complexity index is 813. The largest absolute Gasteiger partial charge is 0.495 e. The van der Waals surface area contributed by atoms with E-state index in [2.05, 4.69) is 4.72 Å². The Balaban J connectivity index is 1.86. The summed E-state index contributed by atoms with van der Waals surface area (Å²) < 4.78 is 33.2. The van der Waals surface area contributed by atoms with Crippen LogP contribution in [-0.2, 0) is 15.6 Å². The van der Waals surface area contributed by atoms with Crippen LogP contribution in [0.2, 0.25) is 0 Å². The second-order valence-corrected chi connectivity index (χ2v) is 8.84. The zero-order valence-electron chi connectivity index (χ0n) is 13.7. The van der Waals surface area contributed by atoms with E-state index in [-0.39, 0.29) is 17.4 Å². The van der Waals surface area contributed by atoms with Crippen LogP contribution in [0.25, 0.3) is 0 Å². The molecule has 0 radical (unpaired) electrons. The summed E-state index contributed by atoms with van der Waals surface area (Å²) in [4.78, 5) is 0.887. The van der Waals surface area contributed by atoms with Crippen LogP contribution in [0.15, 0.2) is 40.6 Å². The quantitative estimate of drug-likeness (QED) is 0.789. The van der Waals surface area contributed by atoms with Crippen LogP contribution in [0.5, 0.6) is 5.75 Å². The van der Waals surface area contributed by atoms with E-state index in [1.54, 1.807) is 18.2 Å². The zero-order chi connectivity index (χ0) is 17.4. The first kappa shape index (κ1) is 17.4. The van der Waals surface area contributed by atoms with E-state index in [0.29, 0.717) is 5.75 Å². The van der Waals surface area contributed by atoms with Crippen molar-refractivity contribution in [3.8, 4) is 5.75 Å². The van der Waals surface area contributed by atoms with Gasteiger partial charge in [-0.2, -0.15) is 0 Å². The van der Waals surface area contributed by atoms with Crippen molar-refractivity contribution in [2.24, 2.45) is 5.92 Å². The van der Waals surface area contributed by atoms with E-state index < -0.39 is 15.6 Å². The van der Waals surface area contributed by atoms with Gasteiger partial charge in [-0.05, 0) is 54.8 Å². The number of benzene rings is 1. The molecular weight excluding hydrogens is 346 g/mol. The highest BCUT2D eigenvalue weighted by Gasteiger charge is 2.46. The fourth-order valence-electron chi connectivity index (χ4n) is 2.80. The van der Waals surface area contributed by atoms with Gasteiger partial charge in [0, 0.05) is 11.4 Å². The first-order chi connectivity index (χ1) is 11.4. The predicted molar refractivity (Wildman–Crippen MR) is 93.9 cm³/mol. The maximum Gasteiger partial charge on any atom is 0.244 e. The number of hydrogen-bond acceptors (Lipinski definition) is 5. The summed E-state index contributed by atoms with van der Waals surface area (Å²) in [6.07, 6.45) is 1.81. The van der Waals surface area contributed by atoms with Crippen molar-refractivity contribution in [2.45, 2.75) is 30.3 Å². The summed E-state index contributed by atoms with van der Waals surface area (Å²) in [5.74, 6) is 0.387. The highest BCUT2D eigenvalue weighted by Crippen LogP contribution is 2.46. The second-order valence-electron chi connectivity index (χ2n) is 6.15. The minimum absolute atomic E-state index is 0.0440. The van der Waals surface area contributed by atoms with Crippen molar-refractivity contribution in [2.75, 3.05) is 13.7 Å². The van der Waals surface area contributed by atoms with E-state index in [4.69, 9.17) is 4.74 Å². The molecule has 3 rings (SSSR count). The number of sulfonamides is 1. The zero-order valence-corrected chi connectivity index (χ0v) is 15.3. The van der Waals surface area contributed by atoms with Crippen LogP contribution in [0.3, 0.4) is 0 Å². The van der Waals surface area contributed by atoms with Gasteiger partial charge in [-0.15, -0.1) is 11.3 Å². The van der Waals surface area contributed by atoms with Gasteiger partial charge in [-0.25, -0.2) is 13.1 Å². The van der Waals surface area contributed by atoms with Gasteiger partial charge in [0.15, 0.2) is 0 Å². The first-order valence-corrected chi connectivity index (χ1v) is 10.1. The molecule has 1 aromatic heterocycles. The third-order valence-electron chi connectivity index (χ3n) is 4.34. The first-order valence-electron chi connectivity index (χ1n) is 7.77. The average molecular weight is 367 g/mol. The molecule has 0 spiro atoms. The van der Waals surface area contributed by atoms with Crippen LogP contribution in [0, 0.1) is 12.8 Å². The number of aryl methyl sites for hydroxylation is 1. The van der Waals surface area contributed by atoms with Crippen LogP contribution >= 0.6 is 11.3 Å². The molecule has 1 heterocycles. The normalized spacial score (nSPS) is 17.5. The van der Waals surface area contributed by atoms with Crippen LogP contribution in [0.4, 0.5) is 0 Å². The molecule has 24 heavy (non-hydrogen) atoms. The number of methoxy groups -OCH3 is 1. The second kappa shape index (κ2) is 6.48. The summed E-state index contributed by atoms with van der Waals surface area (Å²) in [6.45, 7) is 1.78. The molecular formula is C17H21NO4S2. The van der Waals surface area contributed by atoms with Crippen molar-refractivity contribution in [3.63, 3.8) is 0 Å². The van der Waals surface area contributed by atoms with Gasteiger partial charge in [0.1, 0.15) is 16.2 Å². The molecule has 0 aliphatic heterocycles. The van der Waals surface area contributed by atoms with Gasteiger partial charge in [-0.3, -0.25) is 0 Å². The number of nitrogens with one attached hydrogen (secondary N) is 1. The average Bonchev–Trinajstić information content (AvgIpc) is 3.28. The van der Waals surface area contributed by atoms with Crippen LogP contribution in [0.1, 0.15) is 23.3 Å². The number of thiophene rings is 1. The number of aliphatic hydroxyl groups is 1. The lowest BCUT2D eigenvalue weighted by Gasteiger charge is -2.27. The predicted octanol–water partition coefficient (Wildman–Crippen LogP) is 2.64. The highest BCUT2D eigenvalue weighted by atomic mass is 32.2. The van der Waals surface area contributed by atoms with Crippen molar-refractivity contribution in [1.29, 1.82) is 0 Å². The Kier molecular flexibility index (Phi) is 4.70. The topological polar surface area (TPSA) is 75.6 Å². The molecule has 1 unspecified atom stereocenters. The fourth-order valence-corrected chi connectivity index (χ4v) is 5.02. The monoisotopic (exact) mass is 367 g/mol. The lowest BCUT2D eigenvalue weighted by Crippen LogP contribution is -2.42. The maximum atomic E-state index is 12.7. The molecule has 1 fully saturated rings. The lowest BCUT2D eigenvalue weighted by atomic mass is 9.96. The minimum Gasteiger partial charge on any atom is -0.495 e. The van der Waals surface area contributed by atoms with E-state index in [0.717, 1.165) is 23.3 Å². The molecule has 1 aromatic carbocycles. The fraction of sp³-hybridized carbons (Fsp3) is 0.412. The molecule has 1 aliphatic carbocycles. The molecule has 0 saturated heterocycles. The SMILES string of the molecule is COc1ccc(C)cc1S(=O)(=O)NCC(O)(c1cccs1)C1CC1. The molecule has 5 nitrogen and oxygen atoms in total. The Morgan fingerprint density at radius 2 is 2.12 bits per heavy atom. The maximum absolute atomic E-state index is 12.7. The summed E-state index contributed by atoms with van der Waals surface area (Å²) in [5, 5.41) is 12.9. The number of hydrogen-bond donors (Lipinski definition) is 2. The van der Waals surface area contributed by atoms with Crippen molar-refractivity contribution < 1.29 is 18.3 Å².